The molecule has 0 saturated carbocycles. The van der Waals surface area contributed by atoms with Gasteiger partial charge in [0.05, 0.1) is 11.9 Å². The van der Waals surface area contributed by atoms with Crippen molar-refractivity contribution in [1.82, 2.24) is 9.55 Å². The van der Waals surface area contributed by atoms with Crippen molar-refractivity contribution >= 4 is 11.7 Å². The van der Waals surface area contributed by atoms with Crippen LogP contribution >= 0.6 is 0 Å². The molecule has 5 heteroatoms. The molecule has 0 aliphatic carbocycles. The highest BCUT2D eigenvalue weighted by atomic mass is 16.4. The molecule has 1 aliphatic heterocycles. The highest BCUT2D eigenvalue weighted by molar-refractivity contribution is 5.88. The fraction of sp³-hybridized carbons (Fsp3) is 0.333. The fourth-order valence-corrected chi connectivity index (χ4v) is 2.70. The Hall–Kier alpha value is -2.30. The summed E-state index contributed by atoms with van der Waals surface area (Å²) in [7, 11) is 0. The minimum absolute atomic E-state index is 0.375. The normalized spacial score (nSPS) is 14.1. The molecular formula is C15H17N3O2. The summed E-state index contributed by atoms with van der Waals surface area (Å²) in [6.07, 6.45) is 7.58. The van der Waals surface area contributed by atoms with E-state index in [0.717, 1.165) is 38.0 Å². The van der Waals surface area contributed by atoms with Crippen LogP contribution in [0, 0.1) is 0 Å². The molecular weight excluding hydrogens is 254 g/mol. The first-order valence-electron chi connectivity index (χ1n) is 6.81. The Morgan fingerprint density at radius 2 is 2.25 bits per heavy atom. The zero-order chi connectivity index (χ0) is 13.9. The number of carboxylic acids is 1. The van der Waals surface area contributed by atoms with Gasteiger partial charge in [0, 0.05) is 37.7 Å². The number of aromatic nitrogens is 2. The molecule has 1 aromatic heterocycles. The molecule has 2 heterocycles. The van der Waals surface area contributed by atoms with Crippen molar-refractivity contribution in [3.8, 4) is 0 Å². The summed E-state index contributed by atoms with van der Waals surface area (Å²) in [4.78, 5) is 17.4. The Bertz CT molecular complexity index is 608. The Labute approximate surface area is 117 Å². The van der Waals surface area contributed by atoms with E-state index < -0.39 is 5.97 Å². The fourth-order valence-electron chi connectivity index (χ4n) is 2.70. The summed E-state index contributed by atoms with van der Waals surface area (Å²) in [5.41, 5.74) is 2.68. The van der Waals surface area contributed by atoms with E-state index in [-0.39, 0.29) is 0 Å². The van der Waals surface area contributed by atoms with Crippen molar-refractivity contribution in [3.05, 3.63) is 48.0 Å². The van der Waals surface area contributed by atoms with Crippen LogP contribution in [-0.4, -0.2) is 33.7 Å². The second-order valence-electron chi connectivity index (χ2n) is 5.04. The van der Waals surface area contributed by atoms with Gasteiger partial charge >= 0.3 is 5.97 Å². The average Bonchev–Trinajstić information content (AvgIpc) is 2.97. The number of carboxylic acid groups (broad SMARTS) is 1. The SMILES string of the molecule is O=C(O)c1ccc2c(c1)CCCN2CCn1ccnc1. The summed E-state index contributed by atoms with van der Waals surface area (Å²) in [5.74, 6) is -0.858. The number of hydrogen-bond acceptors (Lipinski definition) is 3. The van der Waals surface area contributed by atoms with Gasteiger partial charge in [-0.3, -0.25) is 0 Å². The van der Waals surface area contributed by atoms with Gasteiger partial charge in [-0.25, -0.2) is 9.78 Å². The first-order valence-corrected chi connectivity index (χ1v) is 6.81. The zero-order valence-corrected chi connectivity index (χ0v) is 11.2. The van der Waals surface area contributed by atoms with Gasteiger partial charge in [0.1, 0.15) is 0 Å². The number of rotatable bonds is 4. The Balaban J connectivity index is 1.77. The second-order valence-corrected chi connectivity index (χ2v) is 5.04. The second kappa shape index (κ2) is 5.36. The average molecular weight is 271 g/mol. The number of imidazole rings is 1. The van der Waals surface area contributed by atoms with Crippen LogP contribution in [-0.2, 0) is 13.0 Å². The number of carbonyl (C=O) groups is 1. The molecule has 104 valence electrons. The van der Waals surface area contributed by atoms with Crippen molar-refractivity contribution in [2.45, 2.75) is 19.4 Å². The Kier molecular flexibility index (Phi) is 3.41. The topological polar surface area (TPSA) is 58.4 Å². The predicted molar refractivity (Wildman–Crippen MR) is 76.2 cm³/mol. The van der Waals surface area contributed by atoms with Crippen LogP contribution in [0.15, 0.2) is 36.9 Å². The molecule has 5 nitrogen and oxygen atoms in total. The molecule has 0 saturated heterocycles. The summed E-state index contributed by atoms with van der Waals surface area (Å²) in [5, 5.41) is 9.06. The van der Waals surface area contributed by atoms with Crippen molar-refractivity contribution in [2.75, 3.05) is 18.0 Å². The molecule has 0 atom stereocenters. The molecule has 20 heavy (non-hydrogen) atoms. The van der Waals surface area contributed by atoms with E-state index in [9.17, 15) is 4.79 Å². The third kappa shape index (κ3) is 2.52. The lowest BCUT2D eigenvalue weighted by atomic mass is 9.99. The van der Waals surface area contributed by atoms with Crippen LogP contribution in [0.3, 0.4) is 0 Å². The van der Waals surface area contributed by atoms with E-state index >= 15 is 0 Å². The quantitative estimate of drug-likeness (QED) is 0.924. The monoisotopic (exact) mass is 271 g/mol. The van der Waals surface area contributed by atoms with E-state index in [1.54, 1.807) is 18.3 Å². The number of nitrogens with zero attached hydrogens (tertiary/aromatic N) is 3. The van der Waals surface area contributed by atoms with Crippen LogP contribution in [0.5, 0.6) is 0 Å². The van der Waals surface area contributed by atoms with Crippen LogP contribution in [0.4, 0.5) is 5.69 Å². The lowest BCUT2D eigenvalue weighted by molar-refractivity contribution is 0.0697. The lowest BCUT2D eigenvalue weighted by Gasteiger charge is -2.31. The van der Waals surface area contributed by atoms with Crippen LogP contribution in [0.1, 0.15) is 22.3 Å². The van der Waals surface area contributed by atoms with Crippen LogP contribution < -0.4 is 4.90 Å². The van der Waals surface area contributed by atoms with Gasteiger partial charge in [-0.2, -0.15) is 0 Å². The number of aromatic carboxylic acids is 1. The molecule has 0 amide bonds. The third-order valence-corrected chi connectivity index (χ3v) is 3.73. The highest BCUT2D eigenvalue weighted by Crippen LogP contribution is 2.28. The van der Waals surface area contributed by atoms with Crippen molar-refractivity contribution < 1.29 is 9.90 Å². The molecule has 0 unspecified atom stereocenters. The minimum Gasteiger partial charge on any atom is -0.478 e. The largest absolute Gasteiger partial charge is 0.478 e. The number of benzene rings is 1. The van der Waals surface area contributed by atoms with Crippen molar-refractivity contribution in [3.63, 3.8) is 0 Å². The molecule has 1 aromatic carbocycles. The minimum atomic E-state index is -0.858. The molecule has 2 aromatic rings. The smallest absolute Gasteiger partial charge is 0.335 e. The standard InChI is InChI=1S/C15H17N3O2/c19-15(20)13-3-4-14-12(10-13)2-1-6-18(14)9-8-17-7-5-16-11-17/h3-5,7,10-11H,1-2,6,8-9H2,(H,19,20). The summed E-state index contributed by atoms with van der Waals surface area (Å²) >= 11 is 0. The Morgan fingerprint density at radius 1 is 1.35 bits per heavy atom. The van der Waals surface area contributed by atoms with Gasteiger partial charge in [-0.15, -0.1) is 0 Å². The molecule has 1 N–H and O–H groups in total. The zero-order valence-electron chi connectivity index (χ0n) is 11.2. The number of anilines is 1. The Morgan fingerprint density at radius 3 is 3.00 bits per heavy atom. The van der Waals surface area contributed by atoms with E-state index in [4.69, 9.17) is 5.11 Å². The lowest BCUT2D eigenvalue weighted by Crippen LogP contribution is -2.32. The molecule has 0 radical (unpaired) electrons. The molecule has 0 fully saturated rings. The molecule has 3 rings (SSSR count). The van der Waals surface area contributed by atoms with Gasteiger partial charge in [0.2, 0.25) is 0 Å². The summed E-state index contributed by atoms with van der Waals surface area (Å²) in [6.45, 7) is 2.82. The maximum atomic E-state index is 11.0. The maximum Gasteiger partial charge on any atom is 0.335 e. The summed E-state index contributed by atoms with van der Waals surface area (Å²) in [6, 6.07) is 5.43. The predicted octanol–water partition coefficient (Wildman–Crippen LogP) is 2.03. The molecule has 1 aliphatic rings. The molecule has 0 bridgehead atoms. The van der Waals surface area contributed by atoms with Gasteiger partial charge in [-0.05, 0) is 36.6 Å². The number of aryl methyl sites for hydroxylation is 1. The molecule has 0 spiro atoms. The first kappa shape index (κ1) is 12.7. The highest BCUT2D eigenvalue weighted by Gasteiger charge is 2.18. The van der Waals surface area contributed by atoms with E-state index in [2.05, 4.69) is 14.5 Å². The van der Waals surface area contributed by atoms with Gasteiger partial charge in [0.15, 0.2) is 0 Å². The van der Waals surface area contributed by atoms with Crippen molar-refractivity contribution in [2.24, 2.45) is 0 Å². The van der Waals surface area contributed by atoms with Gasteiger partial charge in [-0.1, -0.05) is 0 Å². The summed E-state index contributed by atoms with van der Waals surface area (Å²) < 4.78 is 2.06. The van der Waals surface area contributed by atoms with Gasteiger partial charge in [0.25, 0.3) is 0 Å². The van der Waals surface area contributed by atoms with Crippen LogP contribution in [0.25, 0.3) is 0 Å². The number of fused-ring (bicyclic) bond motifs is 1. The van der Waals surface area contributed by atoms with Crippen LogP contribution in [0.2, 0.25) is 0 Å². The van der Waals surface area contributed by atoms with E-state index in [0.29, 0.717) is 5.56 Å². The van der Waals surface area contributed by atoms with Crippen molar-refractivity contribution in [1.29, 1.82) is 0 Å². The maximum absolute atomic E-state index is 11.0. The van der Waals surface area contributed by atoms with E-state index in [1.165, 1.54) is 5.69 Å². The van der Waals surface area contributed by atoms with Gasteiger partial charge < -0.3 is 14.6 Å². The third-order valence-electron chi connectivity index (χ3n) is 3.73. The number of hydrogen-bond donors (Lipinski definition) is 1. The van der Waals surface area contributed by atoms with E-state index in [1.807, 2.05) is 18.6 Å². The first-order chi connectivity index (χ1) is 9.74.